The minimum Gasteiger partial charge on any atom is -0.493 e. The van der Waals surface area contributed by atoms with Crippen LogP contribution in [0.4, 0.5) is 10.1 Å². The van der Waals surface area contributed by atoms with Gasteiger partial charge >= 0.3 is 0 Å². The van der Waals surface area contributed by atoms with Crippen LogP contribution in [0.1, 0.15) is 31.7 Å². The summed E-state index contributed by atoms with van der Waals surface area (Å²) in [5.74, 6) is 1.14. The highest BCUT2D eigenvalue weighted by atomic mass is 32.2. The van der Waals surface area contributed by atoms with Gasteiger partial charge < -0.3 is 24.2 Å². The number of thioether (sulfide) groups is 1. The van der Waals surface area contributed by atoms with Crippen LogP contribution in [0, 0.1) is 11.7 Å². The second-order valence-electron chi connectivity index (χ2n) is 10.3. The summed E-state index contributed by atoms with van der Waals surface area (Å²) in [4.78, 5) is 33.3. The van der Waals surface area contributed by atoms with Gasteiger partial charge in [0.05, 0.1) is 24.3 Å². The fourth-order valence-electron chi connectivity index (χ4n) is 5.86. The topological polar surface area (TPSA) is 62.3 Å². The zero-order valence-corrected chi connectivity index (χ0v) is 23.6. The maximum atomic E-state index is 14.2. The molecule has 5 rings (SSSR count). The molecule has 2 heterocycles. The van der Waals surface area contributed by atoms with Crippen molar-refractivity contribution in [2.45, 2.75) is 37.5 Å². The minimum atomic E-state index is -0.229. The monoisotopic (exact) mass is 553 g/mol. The first-order valence-corrected chi connectivity index (χ1v) is 14.5. The number of carbonyl (C=O) groups is 2. The molecular formula is C30H36FN3O4S. The standard InChI is InChI=1S/C30H36FN3O4S/c1-4-38-25-11-9-20(17-26(25)37-3)18-28-30(36)32(2)24-19-21(10-12-27(24)39-28)29(35)34-15-13-33(14-16-34)23-8-6-5-7-22(23)31/h5-9,11,17-18,21,24,27H,4,10,12-16,19H2,1-3H3/b28-18+. The average Bonchev–Trinajstić information content (AvgIpc) is 2.96. The number of carbonyl (C=O) groups excluding carboxylic acids is 2. The van der Waals surface area contributed by atoms with Crippen LogP contribution in [0.2, 0.25) is 0 Å². The Hall–Kier alpha value is -3.20. The molecule has 7 nitrogen and oxygen atoms in total. The van der Waals surface area contributed by atoms with Gasteiger partial charge in [0, 0.05) is 50.4 Å². The van der Waals surface area contributed by atoms with E-state index in [2.05, 4.69) is 0 Å². The van der Waals surface area contributed by atoms with Gasteiger partial charge in [0.15, 0.2) is 11.5 Å². The van der Waals surface area contributed by atoms with Gasteiger partial charge in [0.25, 0.3) is 5.91 Å². The highest BCUT2D eigenvalue weighted by Crippen LogP contribution is 2.44. The first-order chi connectivity index (χ1) is 18.9. The Kier molecular flexibility index (Phi) is 8.35. The van der Waals surface area contributed by atoms with E-state index in [0.717, 1.165) is 18.4 Å². The lowest BCUT2D eigenvalue weighted by atomic mass is 9.83. The lowest BCUT2D eigenvalue weighted by molar-refractivity contribution is -0.139. The van der Waals surface area contributed by atoms with Crippen LogP contribution in [0.25, 0.3) is 6.08 Å². The molecule has 208 valence electrons. The average molecular weight is 554 g/mol. The number of methoxy groups -OCH3 is 1. The van der Waals surface area contributed by atoms with Crippen molar-refractivity contribution in [2.24, 2.45) is 5.92 Å². The summed E-state index contributed by atoms with van der Waals surface area (Å²) in [7, 11) is 3.46. The van der Waals surface area contributed by atoms with Crippen LogP contribution < -0.4 is 14.4 Å². The number of likely N-dealkylation sites (N-methyl/N-ethyl adjacent to an activating group) is 1. The normalized spacial score (nSPS) is 24.5. The first kappa shape index (κ1) is 27.4. The molecule has 0 N–H and O–H groups in total. The highest BCUT2D eigenvalue weighted by molar-refractivity contribution is 8.04. The molecule has 9 heteroatoms. The molecule has 2 aliphatic heterocycles. The van der Waals surface area contributed by atoms with Crippen molar-refractivity contribution in [3.05, 3.63) is 58.8 Å². The highest BCUT2D eigenvalue weighted by Gasteiger charge is 2.43. The van der Waals surface area contributed by atoms with E-state index in [0.29, 0.717) is 61.3 Å². The smallest absolute Gasteiger partial charge is 0.260 e. The van der Waals surface area contributed by atoms with Gasteiger partial charge in [-0.3, -0.25) is 9.59 Å². The van der Waals surface area contributed by atoms with Crippen LogP contribution >= 0.6 is 11.8 Å². The third-order valence-corrected chi connectivity index (χ3v) is 9.38. The fourth-order valence-corrected chi connectivity index (χ4v) is 7.34. The number of fused-ring (bicyclic) bond motifs is 1. The Morgan fingerprint density at radius 1 is 1.10 bits per heavy atom. The zero-order valence-electron chi connectivity index (χ0n) is 22.8. The number of amides is 2. The van der Waals surface area contributed by atoms with E-state index in [4.69, 9.17) is 9.47 Å². The van der Waals surface area contributed by atoms with Gasteiger partial charge in [0.2, 0.25) is 5.91 Å². The van der Waals surface area contributed by atoms with Crippen LogP contribution in [0.3, 0.4) is 0 Å². The van der Waals surface area contributed by atoms with Gasteiger partial charge in [-0.25, -0.2) is 4.39 Å². The Bertz CT molecular complexity index is 1250. The number of piperazine rings is 1. The summed E-state index contributed by atoms with van der Waals surface area (Å²) in [5.41, 5.74) is 1.48. The molecule has 1 aliphatic carbocycles. The maximum Gasteiger partial charge on any atom is 0.260 e. The third kappa shape index (κ3) is 5.73. The van der Waals surface area contributed by atoms with Gasteiger partial charge in [-0.15, -0.1) is 11.8 Å². The molecule has 2 aromatic rings. The zero-order chi connectivity index (χ0) is 27.5. The van der Waals surface area contributed by atoms with Crippen LogP contribution in [-0.2, 0) is 9.59 Å². The number of nitrogens with zero attached hydrogens (tertiary/aromatic N) is 3. The number of hydrogen-bond acceptors (Lipinski definition) is 6. The van der Waals surface area contributed by atoms with Gasteiger partial charge in [-0.2, -0.15) is 0 Å². The maximum absolute atomic E-state index is 14.2. The van der Waals surface area contributed by atoms with Crippen molar-refractivity contribution in [3.63, 3.8) is 0 Å². The summed E-state index contributed by atoms with van der Waals surface area (Å²) in [5, 5.41) is 0.255. The van der Waals surface area contributed by atoms with E-state index in [9.17, 15) is 14.0 Å². The Morgan fingerprint density at radius 2 is 1.87 bits per heavy atom. The van der Waals surface area contributed by atoms with Crippen molar-refractivity contribution < 1.29 is 23.5 Å². The summed E-state index contributed by atoms with van der Waals surface area (Å²) in [6.45, 7) is 4.87. The predicted molar refractivity (Wildman–Crippen MR) is 153 cm³/mol. The van der Waals surface area contributed by atoms with E-state index in [-0.39, 0.29) is 34.8 Å². The van der Waals surface area contributed by atoms with E-state index < -0.39 is 0 Å². The summed E-state index contributed by atoms with van der Waals surface area (Å²) in [6, 6.07) is 12.5. The first-order valence-electron chi connectivity index (χ1n) is 13.6. The molecule has 0 radical (unpaired) electrons. The lowest BCUT2D eigenvalue weighted by Crippen LogP contribution is -2.55. The SMILES string of the molecule is CCOc1ccc(/C=C2/SC3CCC(C(=O)N4CCN(c5ccccc5F)CC4)CC3N(C)C2=O)cc1OC. The van der Waals surface area contributed by atoms with E-state index >= 15 is 0 Å². The molecule has 39 heavy (non-hydrogen) atoms. The van der Waals surface area contributed by atoms with Crippen molar-refractivity contribution in [1.29, 1.82) is 0 Å². The number of benzene rings is 2. The van der Waals surface area contributed by atoms with E-state index in [1.54, 1.807) is 31.0 Å². The van der Waals surface area contributed by atoms with Crippen LogP contribution in [0.5, 0.6) is 11.5 Å². The van der Waals surface area contributed by atoms with E-state index in [1.165, 1.54) is 6.07 Å². The number of para-hydroxylation sites is 1. The van der Waals surface area contributed by atoms with Crippen molar-refractivity contribution in [3.8, 4) is 11.5 Å². The molecule has 0 aromatic heterocycles. The van der Waals surface area contributed by atoms with Gasteiger partial charge in [0.1, 0.15) is 5.82 Å². The summed E-state index contributed by atoms with van der Waals surface area (Å²) < 4.78 is 25.3. The predicted octanol–water partition coefficient (Wildman–Crippen LogP) is 4.67. The number of anilines is 1. The number of ether oxygens (including phenoxy) is 2. The summed E-state index contributed by atoms with van der Waals surface area (Å²) >= 11 is 1.63. The van der Waals surface area contributed by atoms with Crippen molar-refractivity contribution in [2.75, 3.05) is 51.8 Å². The molecule has 3 fully saturated rings. The third-order valence-electron chi connectivity index (χ3n) is 7.98. The van der Waals surface area contributed by atoms with E-state index in [1.807, 2.05) is 59.0 Å². The van der Waals surface area contributed by atoms with Crippen molar-refractivity contribution >= 4 is 35.3 Å². The quantitative estimate of drug-likeness (QED) is 0.485. The molecule has 3 atom stereocenters. The summed E-state index contributed by atoms with van der Waals surface area (Å²) in [6.07, 6.45) is 4.29. The Morgan fingerprint density at radius 3 is 2.59 bits per heavy atom. The molecule has 2 aromatic carbocycles. The molecule has 2 saturated heterocycles. The second kappa shape index (κ2) is 11.9. The molecule has 3 unspecified atom stereocenters. The van der Waals surface area contributed by atoms with Crippen LogP contribution in [-0.4, -0.2) is 79.8 Å². The molecular weight excluding hydrogens is 517 g/mol. The van der Waals surface area contributed by atoms with Crippen LogP contribution in [0.15, 0.2) is 47.4 Å². The van der Waals surface area contributed by atoms with Crippen molar-refractivity contribution in [1.82, 2.24) is 9.80 Å². The molecule has 2 amide bonds. The minimum absolute atomic E-state index is 0.0132. The number of hydrogen-bond donors (Lipinski definition) is 0. The molecule has 3 aliphatic rings. The lowest BCUT2D eigenvalue weighted by Gasteiger charge is -2.45. The van der Waals surface area contributed by atoms with Gasteiger partial charge in [-0.05, 0) is 62.1 Å². The fraction of sp³-hybridized carbons (Fsp3) is 0.467. The molecule has 0 bridgehead atoms. The molecule has 0 spiro atoms. The largest absolute Gasteiger partial charge is 0.493 e. The van der Waals surface area contributed by atoms with Gasteiger partial charge in [-0.1, -0.05) is 18.2 Å². The molecule has 1 saturated carbocycles. The number of rotatable bonds is 6. The second-order valence-corrected chi connectivity index (χ2v) is 11.5. The Balaban J connectivity index is 1.21. The number of halogens is 1. The Labute approximate surface area is 233 Å².